The molecule has 186 valence electrons. The summed E-state index contributed by atoms with van der Waals surface area (Å²) in [5.74, 6) is 2.58. The van der Waals surface area contributed by atoms with Crippen molar-refractivity contribution in [2.24, 2.45) is 10.7 Å². The molecule has 2 aromatic heterocycles. The molecule has 3 aliphatic rings. The van der Waals surface area contributed by atoms with Crippen molar-refractivity contribution in [3.8, 4) is 0 Å². The fraction of sp³-hybridized carbons (Fsp3) is 0.636. The second-order valence-electron chi connectivity index (χ2n) is 8.81. The predicted octanol–water partition coefficient (Wildman–Crippen LogP) is -2.50. The van der Waals surface area contributed by atoms with E-state index in [-0.39, 0.29) is 33.5 Å². The van der Waals surface area contributed by atoms with Gasteiger partial charge in [-0.1, -0.05) is 0 Å². The van der Waals surface area contributed by atoms with Gasteiger partial charge in [-0.25, -0.2) is 0 Å². The molecule has 5 rings (SSSR count). The van der Waals surface area contributed by atoms with Gasteiger partial charge in [0.2, 0.25) is 0 Å². The maximum absolute atomic E-state index is 6.51. The van der Waals surface area contributed by atoms with E-state index in [2.05, 4.69) is 34.8 Å². The van der Waals surface area contributed by atoms with Gasteiger partial charge in [-0.05, 0) is 0 Å². The van der Waals surface area contributed by atoms with E-state index in [4.69, 9.17) is 26.2 Å². The van der Waals surface area contributed by atoms with Crippen molar-refractivity contribution in [1.29, 1.82) is 0 Å². The SMILES string of the molecule is CCC(c1nc(N2CCNCC2)n([I-]C2CC2)c1N=C(N)c1cnc(N)nc1)N1CCOCC1. The molecular formula is C22H34IN10O-. The van der Waals surface area contributed by atoms with Crippen LogP contribution in [-0.2, 0) is 4.74 Å². The number of hydrogen-bond acceptors (Lipinski definition) is 9. The van der Waals surface area contributed by atoms with Gasteiger partial charge in [0.05, 0.1) is 0 Å². The van der Waals surface area contributed by atoms with Gasteiger partial charge in [0.25, 0.3) is 0 Å². The Morgan fingerprint density at radius 2 is 1.91 bits per heavy atom. The van der Waals surface area contributed by atoms with Crippen LogP contribution in [0, 0.1) is 0 Å². The molecule has 0 radical (unpaired) electrons. The van der Waals surface area contributed by atoms with Gasteiger partial charge in [-0.3, -0.25) is 0 Å². The van der Waals surface area contributed by atoms with Gasteiger partial charge < -0.3 is 0 Å². The van der Waals surface area contributed by atoms with Crippen molar-refractivity contribution in [3.05, 3.63) is 23.7 Å². The Morgan fingerprint density at radius 3 is 2.56 bits per heavy atom. The first kappa shape index (κ1) is 23.7. The van der Waals surface area contributed by atoms with Gasteiger partial charge in [-0.15, -0.1) is 0 Å². The number of aromatic nitrogens is 4. The summed E-state index contributed by atoms with van der Waals surface area (Å²) < 4.78 is 8.83. The van der Waals surface area contributed by atoms with E-state index in [0.717, 1.165) is 80.3 Å². The van der Waals surface area contributed by atoms with Crippen LogP contribution < -0.4 is 43.2 Å². The van der Waals surface area contributed by atoms with E-state index in [9.17, 15) is 0 Å². The van der Waals surface area contributed by atoms with Crippen LogP contribution in [0.3, 0.4) is 0 Å². The molecule has 0 amide bonds. The van der Waals surface area contributed by atoms with Crippen molar-refractivity contribution in [3.63, 3.8) is 0 Å². The Bertz CT molecular complexity index is 994. The zero-order valence-electron chi connectivity index (χ0n) is 19.7. The number of anilines is 2. The number of nitrogens with two attached hydrogens (primary N) is 2. The van der Waals surface area contributed by atoms with Gasteiger partial charge in [0.15, 0.2) is 0 Å². The number of alkyl halides is 1. The summed E-state index contributed by atoms with van der Waals surface area (Å²) in [6, 6.07) is 0.171. The number of rotatable bonds is 8. The summed E-state index contributed by atoms with van der Waals surface area (Å²) in [5.41, 5.74) is 13.9. The summed E-state index contributed by atoms with van der Waals surface area (Å²) in [4.78, 5) is 23.4. The average Bonchev–Trinajstić information content (AvgIpc) is 3.63. The number of hydrogen-bond donors (Lipinski definition) is 3. The second kappa shape index (κ2) is 10.7. The molecule has 1 aliphatic carbocycles. The molecule has 11 nitrogen and oxygen atoms in total. The van der Waals surface area contributed by atoms with Crippen LogP contribution in [0.15, 0.2) is 17.4 Å². The van der Waals surface area contributed by atoms with E-state index >= 15 is 0 Å². The van der Waals surface area contributed by atoms with E-state index in [0.29, 0.717) is 11.4 Å². The van der Waals surface area contributed by atoms with Crippen LogP contribution >= 0.6 is 0 Å². The molecule has 0 spiro atoms. The zero-order chi connectivity index (χ0) is 23.5. The number of piperazine rings is 1. The number of imidazole rings is 1. The Hall–Kier alpha value is -2.03. The minimum absolute atomic E-state index is 0.171. The Kier molecular flexibility index (Phi) is 7.46. The maximum atomic E-state index is 6.51. The van der Waals surface area contributed by atoms with Gasteiger partial charge in [-0.2, -0.15) is 0 Å². The number of aliphatic imine (C=N–C) groups is 1. The Labute approximate surface area is 211 Å². The van der Waals surface area contributed by atoms with E-state index in [1.54, 1.807) is 12.4 Å². The van der Waals surface area contributed by atoms with Crippen LogP contribution in [0.25, 0.3) is 0 Å². The molecule has 1 unspecified atom stereocenters. The first-order valence-electron chi connectivity index (χ1n) is 12.1. The molecule has 1 atom stereocenters. The number of nitrogens with zero attached hydrogens (tertiary/aromatic N) is 7. The fourth-order valence-electron chi connectivity index (χ4n) is 4.33. The Balaban J connectivity index is 1.61. The Morgan fingerprint density at radius 1 is 1.21 bits per heavy atom. The van der Waals surface area contributed by atoms with E-state index in [1.807, 2.05) is 0 Å². The summed E-state index contributed by atoms with van der Waals surface area (Å²) >= 11 is -0.293. The normalized spacial score (nSPS) is 21.2. The fourth-order valence-corrected chi connectivity index (χ4v) is 7.32. The average molecular weight is 581 g/mol. The molecule has 2 aliphatic heterocycles. The molecule has 1 saturated carbocycles. The third-order valence-electron chi connectivity index (χ3n) is 6.34. The van der Waals surface area contributed by atoms with Crippen LogP contribution in [0.2, 0.25) is 0 Å². The van der Waals surface area contributed by atoms with E-state index < -0.39 is 0 Å². The van der Waals surface area contributed by atoms with Crippen molar-refractivity contribution >= 4 is 23.6 Å². The third kappa shape index (κ3) is 5.29. The minimum atomic E-state index is -0.293. The number of nitrogen functional groups attached to an aromatic ring is 1. The summed E-state index contributed by atoms with van der Waals surface area (Å²) in [7, 11) is 0. The van der Waals surface area contributed by atoms with Crippen LogP contribution in [0.1, 0.15) is 43.5 Å². The standard InChI is InChI=1S/C22H34IN10O/c1-2-17(31-9-11-34-12-10-31)18-20(30-19(24)15-13-27-21(25)28-14-15)33(23-16-3-4-16)22(29-18)32-7-5-26-6-8-32/h13-14,16-17,26H,2-12H2,1H3,(H2,24,30)(H2,25,27,28)/q-1. The summed E-state index contributed by atoms with van der Waals surface area (Å²) in [5, 5.41) is 3.46. The molecule has 0 bridgehead atoms. The molecule has 0 aromatic carbocycles. The predicted molar refractivity (Wildman–Crippen MR) is 128 cm³/mol. The molecular weight excluding hydrogens is 547 g/mol. The number of nitrogens with one attached hydrogen (secondary N) is 1. The number of halogens is 1. The van der Waals surface area contributed by atoms with Gasteiger partial charge in [0, 0.05) is 0 Å². The molecule has 2 aromatic rings. The van der Waals surface area contributed by atoms with Gasteiger partial charge >= 0.3 is 211 Å². The van der Waals surface area contributed by atoms with Crippen molar-refractivity contribution < 1.29 is 26.2 Å². The topological polar surface area (TPSA) is 136 Å². The number of morpholine rings is 1. The number of ether oxygens (including phenoxy) is 1. The van der Waals surface area contributed by atoms with Crippen molar-refractivity contribution in [2.45, 2.75) is 36.2 Å². The molecule has 4 heterocycles. The van der Waals surface area contributed by atoms with Crippen LogP contribution in [-0.4, -0.2) is 84.9 Å². The van der Waals surface area contributed by atoms with Crippen molar-refractivity contribution in [1.82, 2.24) is 27.9 Å². The summed E-state index contributed by atoms with van der Waals surface area (Å²) in [6.45, 7) is 9.35. The quantitative estimate of drug-likeness (QED) is 0.134. The molecule has 34 heavy (non-hydrogen) atoms. The van der Waals surface area contributed by atoms with Gasteiger partial charge in [0.1, 0.15) is 0 Å². The van der Waals surface area contributed by atoms with Crippen molar-refractivity contribution in [2.75, 3.05) is 63.1 Å². The zero-order valence-corrected chi connectivity index (χ0v) is 21.8. The summed E-state index contributed by atoms with van der Waals surface area (Å²) in [6.07, 6.45) is 6.81. The number of amidine groups is 1. The van der Waals surface area contributed by atoms with Crippen LogP contribution in [0.4, 0.5) is 17.7 Å². The molecule has 12 heteroatoms. The first-order valence-corrected chi connectivity index (χ1v) is 14.3. The second-order valence-corrected chi connectivity index (χ2v) is 12.1. The molecule has 3 fully saturated rings. The third-order valence-corrected chi connectivity index (χ3v) is 9.82. The molecule has 5 N–H and O–H groups in total. The van der Waals surface area contributed by atoms with E-state index in [1.165, 1.54) is 12.8 Å². The molecule has 2 saturated heterocycles. The monoisotopic (exact) mass is 581 g/mol. The van der Waals surface area contributed by atoms with Crippen LogP contribution in [0.5, 0.6) is 0 Å². The first-order chi connectivity index (χ1) is 16.6.